The van der Waals surface area contributed by atoms with Crippen molar-refractivity contribution < 1.29 is 27.7 Å². The molecule has 4 heavy (non-hydrogen) atoms. The van der Waals surface area contributed by atoms with E-state index in [4.69, 9.17) is 0 Å². The minimum Gasteiger partial charge on any atom is -0.0656 e. The summed E-state index contributed by atoms with van der Waals surface area (Å²) in [5.41, 5.74) is 0. The zero-order valence-electron chi connectivity index (χ0n) is 3.41. The van der Waals surface area contributed by atoms with Crippen LogP contribution in [0.5, 0.6) is 0 Å². The first kappa shape index (κ1) is 8.87. The molecule has 0 aliphatic rings. The van der Waals surface area contributed by atoms with E-state index in [1.54, 1.807) is 0 Å². The smallest absolute Gasteiger partial charge is 0 e. The molecule has 0 atom stereocenters. The minimum absolute atomic E-state index is 0. The second kappa shape index (κ2) is 9.05. The van der Waals surface area contributed by atoms with Crippen LogP contribution in [-0.2, 0) is 27.7 Å². The predicted molar refractivity (Wildman–Crippen MR) is 16.0 cm³/mol. The van der Waals surface area contributed by atoms with Gasteiger partial charge in [0.1, 0.15) is 0 Å². The van der Waals surface area contributed by atoms with Gasteiger partial charge >= 0.3 is 0 Å². The third-order valence-corrected chi connectivity index (χ3v) is 0. The summed E-state index contributed by atoms with van der Waals surface area (Å²) < 4.78 is 0. The van der Waals surface area contributed by atoms with E-state index < -0.39 is 0 Å². The van der Waals surface area contributed by atoms with E-state index in [1.165, 1.54) is 6.42 Å². The number of rotatable bonds is 0. The van der Waals surface area contributed by atoms with E-state index >= 15 is 0 Å². The number of hydrogen-bond donors (Lipinski definition) is 0. The zero-order valence-corrected chi connectivity index (χ0v) is 8.91. The maximum atomic E-state index is 2.12. The Bertz CT molecular complexity index is 3.25. The number of hydrogen-bond acceptors (Lipinski definition) is 0. The fourth-order valence-corrected chi connectivity index (χ4v) is 0. The Morgan fingerprint density at radius 1 is 1.25 bits per heavy atom. The van der Waals surface area contributed by atoms with Gasteiger partial charge in [-0.25, -0.2) is 0 Å². The Morgan fingerprint density at radius 3 is 1.25 bits per heavy atom. The van der Waals surface area contributed by atoms with Crippen LogP contribution in [0.4, 0.5) is 0 Å². The molecule has 0 aromatic heterocycles. The SMILES string of the molecule is CCC.[Hg]. The van der Waals surface area contributed by atoms with E-state index in [0.717, 1.165) is 0 Å². The van der Waals surface area contributed by atoms with E-state index in [1.807, 2.05) is 0 Å². The molecule has 22 valence electrons. The van der Waals surface area contributed by atoms with Crippen molar-refractivity contribution >= 4 is 0 Å². The molecule has 0 saturated carbocycles. The fraction of sp³-hybridized carbons (Fsp3) is 1.00. The Hall–Kier alpha value is 0.935. The molecule has 0 heterocycles. The molecule has 0 saturated heterocycles. The average molecular weight is 245 g/mol. The van der Waals surface area contributed by atoms with Crippen molar-refractivity contribution in [2.75, 3.05) is 0 Å². The summed E-state index contributed by atoms with van der Waals surface area (Å²) >= 11 is 0. The van der Waals surface area contributed by atoms with Gasteiger partial charge in [-0.05, 0) is 0 Å². The molecule has 0 spiro atoms. The van der Waals surface area contributed by atoms with Gasteiger partial charge in [0, 0.05) is 27.7 Å². The van der Waals surface area contributed by atoms with Gasteiger partial charge < -0.3 is 0 Å². The standard InChI is InChI=1S/C3H8.Hg/c1-3-2;/h3H2,1-2H3;. The molecule has 0 rings (SSSR count). The molecule has 0 aliphatic heterocycles. The molecular formula is C3H8Hg. The van der Waals surface area contributed by atoms with E-state index in [9.17, 15) is 0 Å². The fourth-order valence-electron chi connectivity index (χ4n) is 0. The summed E-state index contributed by atoms with van der Waals surface area (Å²) in [6.45, 7) is 4.25. The summed E-state index contributed by atoms with van der Waals surface area (Å²) in [4.78, 5) is 0. The van der Waals surface area contributed by atoms with Crippen LogP contribution < -0.4 is 0 Å². The summed E-state index contributed by atoms with van der Waals surface area (Å²) in [7, 11) is 0. The molecular weight excluding hydrogens is 237 g/mol. The molecule has 0 bridgehead atoms. The molecule has 0 aromatic rings. The molecule has 0 N–H and O–H groups in total. The van der Waals surface area contributed by atoms with Crippen LogP contribution in [0, 0.1) is 0 Å². The largest absolute Gasteiger partial charge is 0.0656 e. The summed E-state index contributed by atoms with van der Waals surface area (Å²) in [6.07, 6.45) is 1.25. The first-order valence-corrected chi connectivity index (χ1v) is 1.41. The third kappa shape index (κ3) is 12.6. The zero-order chi connectivity index (χ0) is 2.71. The van der Waals surface area contributed by atoms with Gasteiger partial charge in [0.25, 0.3) is 0 Å². The minimum atomic E-state index is 0. The van der Waals surface area contributed by atoms with Crippen LogP contribution in [0.25, 0.3) is 0 Å². The van der Waals surface area contributed by atoms with Crippen LogP contribution in [-0.4, -0.2) is 0 Å². The second-order valence-corrected chi connectivity index (χ2v) is 0.707. The van der Waals surface area contributed by atoms with Gasteiger partial charge in [0.15, 0.2) is 0 Å². The topological polar surface area (TPSA) is 0 Å². The summed E-state index contributed by atoms with van der Waals surface area (Å²) in [6, 6.07) is 0. The van der Waals surface area contributed by atoms with Crippen molar-refractivity contribution in [3.05, 3.63) is 0 Å². The summed E-state index contributed by atoms with van der Waals surface area (Å²) in [5.74, 6) is 0. The molecule has 0 amide bonds. The molecule has 1 heteroatoms. The molecule has 0 fully saturated rings. The third-order valence-electron chi connectivity index (χ3n) is 0. The quantitative estimate of drug-likeness (QED) is 0.566. The van der Waals surface area contributed by atoms with Gasteiger partial charge in [-0.15, -0.1) is 0 Å². The van der Waals surface area contributed by atoms with Crippen molar-refractivity contribution in [2.45, 2.75) is 20.3 Å². The van der Waals surface area contributed by atoms with E-state index in [0.29, 0.717) is 0 Å². The first-order chi connectivity index (χ1) is 1.41. The Morgan fingerprint density at radius 2 is 1.25 bits per heavy atom. The molecule has 0 radical (unpaired) electrons. The Labute approximate surface area is 48.1 Å². The van der Waals surface area contributed by atoms with Gasteiger partial charge in [0.05, 0.1) is 0 Å². The van der Waals surface area contributed by atoms with Crippen molar-refractivity contribution in [1.29, 1.82) is 0 Å². The van der Waals surface area contributed by atoms with Gasteiger partial charge in [-0.2, -0.15) is 0 Å². The summed E-state index contributed by atoms with van der Waals surface area (Å²) in [5, 5.41) is 0. The monoisotopic (exact) mass is 246 g/mol. The normalized spacial score (nSPS) is 4.50. The van der Waals surface area contributed by atoms with E-state index in [-0.39, 0.29) is 27.7 Å². The van der Waals surface area contributed by atoms with Crippen LogP contribution in [0.3, 0.4) is 0 Å². The molecule has 0 unspecified atom stereocenters. The van der Waals surface area contributed by atoms with Gasteiger partial charge in [0.2, 0.25) is 0 Å². The van der Waals surface area contributed by atoms with Crippen LogP contribution in [0.2, 0.25) is 0 Å². The second-order valence-electron chi connectivity index (χ2n) is 0.707. The molecule has 0 nitrogen and oxygen atoms in total. The Balaban J connectivity index is 0. The van der Waals surface area contributed by atoms with Crippen LogP contribution in [0.15, 0.2) is 0 Å². The van der Waals surface area contributed by atoms with Crippen molar-refractivity contribution in [3.8, 4) is 0 Å². The Kier molecular flexibility index (Phi) is 20.1. The maximum absolute atomic E-state index is 2.12. The van der Waals surface area contributed by atoms with Crippen LogP contribution in [0.1, 0.15) is 20.3 Å². The average Bonchev–Trinajstić information content (AvgIpc) is 0.918. The molecule has 0 aromatic carbocycles. The predicted octanol–water partition coefficient (Wildman–Crippen LogP) is 1.41. The van der Waals surface area contributed by atoms with Crippen molar-refractivity contribution in [2.24, 2.45) is 0 Å². The maximum Gasteiger partial charge on any atom is 0 e. The van der Waals surface area contributed by atoms with Crippen molar-refractivity contribution in [1.82, 2.24) is 0 Å². The van der Waals surface area contributed by atoms with Gasteiger partial charge in [-0.1, -0.05) is 20.3 Å². The molecule has 0 aliphatic carbocycles. The van der Waals surface area contributed by atoms with Gasteiger partial charge in [-0.3, -0.25) is 0 Å². The van der Waals surface area contributed by atoms with Crippen LogP contribution >= 0.6 is 0 Å². The van der Waals surface area contributed by atoms with Crippen molar-refractivity contribution in [3.63, 3.8) is 0 Å². The van der Waals surface area contributed by atoms with E-state index in [2.05, 4.69) is 13.8 Å². The first-order valence-electron chi connectivity index (χ1n) is 1.41.